The number of nitrogens with one attached hydrogen (secondary N) is 1. The molecule has 0 spiro atoms. The molecule has 180 valence electrons. The van der Waals surface area contributed by atoms with Crippen molar-refractivity contribution in [2.24, 2.45) is 0 Å². The van der Waals surface area contributed by atoms with Crippen LogP contribution in [-0.4, -0.2) is 31.8 Å². The van der Waals surface area contributed by atoms with E-state index >= 15 is 0 Å². The highest BCUT2D eigenvalue weighted by molar-refractivity contribution is 7.89. The fourth-order valence-electron chi connectivity index (χ4n) is 3.39. The Hall–Kier alpha value is -1.93. The van der Waals surface area contributed by atoms with Crippen LogP contribution in [0.1, 0.15) is 73.7 Å². The van der Waals surface area contributed by atoms with Crippen molar-refractivity contribution in [1.29, 1.82) is 0 Å². The van der Waals surface area contributed by atoms with E-state index < -0.39 is 16.0 Å². The van der Waals surface area contributed by atoms with Crippen molar-refractivity contribution in [1.82, 2.24) is 4.72 Å². The minimum absolute atomic E-state index is 0.0276. The van der Waals surface area contributed by atoms with E-state index in [9.17, 15) is 18.0 Å². The number of hydrogen-bond donors (Lipinski definition) is 2. The van der Waals surface area contributed by atoms with E-state index in [-0.39, 0.29) is 33.2 Å². The normalized spacial score (nSPS) is 11.5. The molecule has 2 aromatic rings. The molecule has 0 aliphatic rings. The molecule has 0 unspecified atom stereocenters. The van der Waals surface area contributed by atoms with E-state index in [0.29, 0.717) is 11.6 Å². The lowest BCUT2D eigenvalue weighted by Gasteiger charge is -2.09. The SMILES string of the molecule is O=C(O)CCCCCCCCCCNS(=O)(=O)c1cccc(C(=O)c2ccc(Cl)cc2Cl)c1. The van der Waals surface area contributed by atoms with E-state index in [0.717, 1.165) is 51.4 Å². The fourth-order valence-corrected chi connectivity index (χ4v) is 5.00. The maximum atomic E-state index is 12.8. The minimum atomic E-state index is -3.73. The molecule has 0 bridgehead atoms. The molecule has 0 radical (unpaired) electrons. The average molecular weight is 514 g/mol. The van der Waals surface area contributed by atoms with Crippen LogP contribution in [0.25, 0.3) is 0 Å². The number of carboxylic acids is 1. The predicted octanol–water partition coefficient (Wildman–Crippen LogP) is 6.10. The Morgan fingerprint density at radius 1 is 0.848 bits per heavy atom. The van der Waals surface area contributed by atoms with Gasteiger partial charge in [0.15, 0.2) is 5.78 Å². The Labute approximate surface area is 205 Å². The standard InChI is InChI=1S/C24H29Cl2NO5S/c25-19-13-14-21(22(26)17-19)24(30)18-10-9-11-20(16-18)33(31,32)27-15-8-6-4-2-1-3-5-7-12-23(28)29/h9-11,13-14,16-17,27H,1-8,12,15H2,(H,28,29). The number of aliphatic carboxylic acids is 1. The molecule has 2 rings (SSSR count). The van der Waals surface area contributed by atoms with Crippen LogP contribution in [0.4, 0.5) is 0 Å². The summed E-state index contributed by atoms with van der Waals surface area (Å²) < 4.78 is 27.9. The van der Waals surface area contributed by atoms with E-state index in [1.165, 1.54) is 30.3 Å². The molecular weight excluding hydrogens is 485 g/mol. The van der Waals surface area contributed by atoms with Gasteiger partial charge >= 0.3 is 5.97 Å². The third-order valence-corrected chi connectivity index (χ3v) is 7.20. The molecular formula is C24H29Cl2NO5S. The van der Waals surface area contributed by atoms with Crippen molar-refractivity contribution in [2.75, 3.05) is 6.54 Å². The molecule has 0 aliphatic carbocycles. The quantitative estimate of drug-likeness (QED) is 0.221. The number of benzene rings is 2. The molecule has 0 saturated heterocycles. The summed E-state index contributed by atoms with van der Waals surface area (Å²) in [7, 11) is -3.73. The number of sulfonamides is 1. The number of hydrogen-bond acceptors (Lipinski definition) is 4. The minimum Gasteiger partial charge on any atom is -0.481 e. The Bertz CT molecular complexity index is 1060. The van der Waals surface area contributed by atoms with Gasteiger partial charge in [-0.3, -0.25) is 9.59 Å². The summed E-state index contributed by atoms with van der Waals surface area (Å²) in [5.74, 6) is -1.13. The Balaban J connectivity index is 1.78. The molecule has 2 aromatic carbocycles. The highest BCUT2D eigenvalue weighted by atomic mass is 35.5. The second-order valence-electron chi connectivity index (χ2n) is 7.85. The molecule has 0 aliphatic heterocycles. The zero-order chi connectivity index (χ0) is 24.3. The molecule has 2 N–H and O–H groups in total. The highest BCUT2D eigenvalue weighted by Crippen LogP contribution is 2.24. The largest absolute Gasteiger partial charge is 0.481 e. The monoisotopic (exact) mass is 513 g/mol. The number of carboxylic acid groups (broad SMARTS) is 1. The van der Waals surface area contributed by atoms with E-state index in [4.69, 9.17) is 28.3 Å². The maximum Gasteiger partial charge on any atom is 0.303 e. The molecule has 9 heteroatoms. The van der Waals surface area contributed by atoms with Gasteiger partial charge in [-0.1, -0.05) is 73.9 Å². The first-order valence-corrected chi connectivity index (χ1v) is 13.3. The van der Waals surface area contributed by atoms with Crippen LogP contribution >= 0.6 is 23.2 Å². The van der Waals surface area contributed by atoms with Gasteiger partial charge in [-0.2, -0.15) is 0 Å². The summed E-state index contributed by atoms with van der Waals surface area (Å²) >= 11 is 12.0. The van der Waals surface area contributed by atoms with Gasteiger partial charge in [0.2, 0.25) is 10.0 Å². The lowest BCUT2D eigenvalue weighted by Crippen LogP contribution is -2.25. The molecule has 33 heavy (non-hydrogen) atoms. The Morgan fingerprint density at radius 3 is 2.12 bits per heavy atom. The molecule has 0 aromatic heterocycles. The van der Waals surface area contributed by atoms with E-state index in [1.54, 1.807) is 12.1 Å². The van der Waals surface area contributed by atoms with Gasteiger partial charge < -0.3 is 5.11 Å². The van der Waals surface area contributed by atoms with Gasteiger partial charge in [-0.05, 0) is 43.2 Å². The van der Waals surface area contributed by atoms with Crippen LogP contribution in [0.3, 0.4) is 0 Å². The van der Waals surface area contributed by atoms with Crippen molar-refractivity contribution in [3.05, 3.63) is 63.6 Å². The first-order chi connectivity index (χ1) is 15.7. The molecule has 6 nitrogen and oxygen atoms in total. The lowest BCUT2D eigenvalue weighted by atomic mass is 10.0. The molecule has 0 saturated carbocycles. The van der Waals surface area contributed by atoms with Crippen molar-refractivity contribution >= 4 is 45.0 Å². The third kappa shape index (κ3) is 9.45. The van der Waals surface area contributed by atoms with Gasteiger partial charge in [-0.15, -0.1) is 0 Å². The number of halogens is 2. The van der Waals surface area contributed by atoms with E-state index in [1.807, 2.05) is 0 Å². The van der Waals surface area contributed by atoms with Gasteiger partial charge in [0, 0.05) is 29.1 Å². The summed E-state index contributed by atoms with van der Waals surface area (Å²) in [5, 5.41) is 9.22. The Kier molecular flexibility index (Phi) is 11.3. The van der Waals surface area contributed by atoms with Crippen LogP contribution in [0, 0.1) is 0 Å². The van der Waals surface area contributed by atoms with Gasteiger partial charge in [0.25, 0.3) is 0 Å². The summed E-state index contributed by atoms with van der Waals surface area (Å²) in [6.45, 7) is 0.322. The van der Waals surface area contributed by atoms with Crippen LogP contribution in [-0.2, 0) is 14.8 Å². The number of ketones is 1. The zero-order valence-electron chi connectivity index (χ0n) is 18.4. The fraction of sp³-hybridized carbons (Fsp3) is 0.417. The molecule has 0 fully saturated rings. The van der Waals surface area contributed by atoms with Crippen molar-refractivity contribution in [3.8, 4) is 0 Å². The summed E-state index contributed by atoms with van der Waals surface area (Å²) in [4.78, 5) is 23.2. The lowest BCUT2D eigenvalue weighted by molar-refractivity contribution is -0.137. The number of unbranched alkanes of at least 4 members (excludes halogenated alkanes) is 7. The van der Waals surface area contributed by atoms with Crippen LogP contribution in [0.2, 0.25) is 10.0 Å². The van der Waals surface area contributed by atoms with Crippen molar-refractivity contribution in [3.63, 3.8) is 0 Å². The maximum absolute atomic E-state index is 12.8. The third-order valence-electron chi connectivity index (χ3n) is 5.19. The van der Waals surface area contributed by atoms with Crippen LogP contribution in [0.15, 0.2) is 47.4 Å². The zero-order valence-corrected chi connectivity index (χ0v) is 20.7. The molecule has 0 heterocycles. The smallest absolute Gasteiger partial charge is 0.303 e. The second-order valence-corrected chi connectivity index (χ2v) is 10.5. The first-order valence-electron chi connectivity index (χ1n) is 11.0. The summed E-state index contributed by atoms with van der Waals surface area (Å²) in [6.07, 6.45) is 7.65. The molecule has 0 atom stereocenters. The first kappa shape index (κ1) is 27.3. The number of rotatable bonds is 15. The average Bonchev–Trinajstić information content (AvgIpc) is 2.77. The van der Waals surface area contributed by atoms with E-state index in [2.05, 4.69) is 4.72 Å². The number of carbonyl (C=O) groups excluding carboxylic acids is 1. The predicted molar refractivity (Wildman–Crippen MR) is 131 cm³/mol. The van der Waals surface area contributed by atoms with Gasteiger partial charge in [0.1, 0.15) is 0 Å². The summed E-state index contributed by atoms with van der Waals surface area (Å²) in [6, 6.07) is 10.4. The van der Waals surface area contributed by atoms with Crippen LogP contribution < -0.4 is 4.72 Å². The highest BCUT2D eigenvalue weighted by Gasteiger charge is 2.18. The van der Waals surface area contributed by atoms with Gasteiger partial charge in [0.05, 0.1) is 9.92 Å². The second kappa shape index (κ2) is 13.7. The van der Waals surface area contributed by atoms with Crippen molar-refractivity contribution in [2.45, 2.75) is 62.7 Å². The molecule has 0 amide bonds. The van der Waals surface area contributed by atoms with Gasteiger partial charge in [-0.25, -0.2) is 13.1 Å². The number of carbonyl (C=O) groups is 2. The van der Waals surface area contributed by atoms with Crippen molar-refractivity contribution < 1.29 is 23.1 Å². The van der Waals surface area contributed by atoms with Crippen LogP contribution in [0.5, 0.6) is 0 Å². The topological polar surface area (TPSA) is 101 Å². The summed E-state index contributed by atoms with van der Waals surface area (Å²) in [5.41, 5.74) is 0.482. The Morgan fingerprint density at radius 2 is 1.48 bits per heavy atom.